The molecule has 4 N–H and O–H groups in total. The SMILES string of the molecule is C[C@@H](OCc1ccc(C(=O)O)cc1)[C@H](CCC(N)=O)NC(=O)OC(C)(C)C. The van der Waals surface area contributed by atoms with Crippen LogP contribution in [-0.2, 0) is 20.9 Å². The van der Waals surface area contributed by atoms with Crippen LogP contribution in [0.3, 0.4) is 0 Å². The number of ether oxygens (including phenoxy) is 2. The number of amides is 2. The summed E-state index contributed by atoms with van der Waals surface area (Å²) in [5, 5.41) is 11.6. The summed E-state index contributed by atoms with van der Waals surface area (Å²) >= 11 is 0. The summed E-state index contributed by atoms with van der Waals surface area (Å²) < 4.78 is 11.0. The van der Waals surface area contributed by atoms with E-state index in [1.165, 1.54) is 12.1 Å². The summed E-state index contributed by atoms with van der Waals surface area (Å²) in [5.74, 6) is -1.47. The predicted octanol–water partition coefficient (Wildman–Crippen LogP) is 2.45. The Hall–Kier alpha value is -2.61. The van der Waals surface area contributed by atoms with Crippen molar-refractivity contribution in [3.05, 3.63) is 35.4 Å². The summed E-state index contributed by atoms with van der Waals surface area (Å²) in [6.07, 6.45) is -0.607. The van der Waals surface area contributed by atoms with Crippen LogP contribution in [-0.4, -0.2) is 40.8 Å². The number of primary amides is 1. The smallest absolute Gasteiger partial charge is 0.407 e. The van der Waals surface area contributed by atoms with E-state index in [4.69, 9.17) is 20.3 Å². The van der Waals surface area contributed by atoms with Crippen molar-refractivity contribution in [2.75, 3.05) is 0 Å². The van der Waals surface area contributed by atoms with Crippen LogP contribution >= 0.6 is 0 Å². The van der Waals surface area contributed by atoms with Crippen LogP contribution in [0.4, 0.5) is 4.79 Å². The molecular formula is C19H28N2O6. The Labute approximate surface area is 159 Å². The zero-order valence-corrected chi connectivity index (χ0v) is 16.2. The van der Waals surface area contributed by atoms with Crippen molar-refractivity contribution in [2.24, 2.45) is 5.73 Å². The third kappa shape index (κ3) is 9.05. The monoisotopic (exact) mass is 380 g/mol. The van der Waals surface area contributed by atoms with Gasteiger partial charge in [0.25, 0.3) is 0 Å². The van der Waals surface area contributed by atoms with E-state index in [1.54, 1.807) is 39.8 Å². The third-order valence-corrected chi connectivity index (χ3v) is 3.68. The lowest BCUT2D eigenvalue weighted by Crippen LogP contribution is -2.45. The highest BCUT2D eigenvalue weighted by molar-refractivity contribution is 5.87. The molecule has 2 amide bonds. The van der Waals surface area contributed by atoms with Gasteiger partial charge < -0.3 is 25.6 Å². The van der Waals surface area contributed by atoms with E-state index in [0.717, 1.165) is 5.56 Å². The van der Waals surface area contributed by atoms with Crippen LogP contribution in [0.15, 0.2) is 24.3 Å². The average Bonchev–Trinajstić information content (AvgIpc) is 2.55. The number of carboxylic acid groups (broad SMARTS) is 1. The molecule has 0 spiro atoms. The number of hydrogen-bond acceptors (Lipinski definition) is 5. The van der Waals surface area contributed by atoms with Gasteiger partial charge in [0.2, 0.25) is 5.91 Å². The highest BCUT2D eigenvalue weighted by Gasteiger charge is 2.24. The fraction of sp³-hybridized carbons (Fsp3) is 0.526. The van der Waals surface area contributed by atoms with E-state index < -0.39 is 35.7 Å². The van der Waals surface area contributed by atoms with Crippen molar-refractivity contribution >= 4 is 18.0 Å². The van der Waals surface area contributed by atoms with E-state index in [0.29, 0.717) is 6.42 Å². The second kappa shape index (κ2) is 9.91. The zero-order valence-electron chi connectivity index (χ0n) is 16.2. The first kappa shape index (κ1) is 22.4. The van der Waals surface area contributed by atoms with E-state index in [2.05, 4.69) is 5.32 Å². The number of carbonyl (C=O) groups is 3. The van der Waals surface area contributed by atoms with Crippen molar-refractivity contribution in [1.82, 2.24) is 5.32 Å². The first-order chi connectivity index (χ1) is 12.5. The summed E-state index contributed by atoms with van der Waals surface area (Å²) in [6.45, 7) is 7.27. The minimum Gasteiger partial charge on any atom is -0.478 e. The summed E-state index contributed by atoms with van der Waals surface area (Å²) in [6, 6.07) is 5.85. The highest BCUT2D eigenvalue weighted by Crippen LogP contribution is 2.13. The lowest BCUT2D eigenvalue weighted by Gasteiger charge is -2.27. The Balaban J connectivity index is 2.68. The molecule has 0 aromatic heterocycles. The van der Waals surface area contributed by atoms with Crippen molar-refractivity contribution in [3.63, 3.8) is 0 Å². The molecule has 0 aliphatic rings. The molecular weight excluding hydrogens is 352 g/mol. The molecule has 8 heteroatoms. The number of hydrogen-bond donors (Lipinski definition) is 3. The van der Waals surface area contributed by atoms with Crippen molar-refractivity contribution in [3.8, 4) is 0 Å². The molecule has 0 heterocycles. The normalized spacial score (nSPS) is 13.5. The molecule has 0 unspecified atom stereocenters. The van der Waals surface area contributed by atoms with Crippen molar-refractivity contribution < 1.29 is 29.0 Å². The number of nitrogens with two attached hydrogens (primary N) is 1. The second-order valence-electron chi connectivity index (χ2n) is 7.28. The Morgan fingerprint density at radius 1 is 1.19 bits per heavy atom. The molecule has 1 rings (SSSR count). The summed E-state index contributed by atoms with van der Waals surface area (Å²) in [7, 11) is 0. The highest BCUT2D eigenvalue weighted by atomic mass is 16.6. The van der Waals surface area contributed by atoms with E-state index >= 15 is 0 Å². The number of alkyl carbamates (subject to hydrolysis) is 1. The maximum atomic E-state index is 12.0. The van der Waals surface area contributed by atoms with Crippen molar-refractivity contribution in [1.29, 1.82) is 0 Å². The molecule has 0 bridgehead atoms. The van der Waals surface area contributed by atoms with Crippen LogP contribution in [0.5, 0.6) is 0 Å². The largest absolute Gasteiger partial charge is 0.478 e. The standard InChI is InChI=1S/C19H28N2O6/c1-12(26-11-13-5-7-14(8-6-13)17(23)24)15(9-10-16(20)22)21-18(25)27-19(2,3)4/h5-8,12,15H,9-11H2,1-4H3,(H2,20,22)(H,21,25)(H,23,24)/t12-,15+/m1/s1. The van der Waals surface area contributed by atoms with Gasteiger partial charge in [-0.25, -0.2) is 9.59 Å². The summed E-state index contributed by atoms with van der Waals surface area (Å²) in [5.41, 5.74) is 5.54. The lowest BCUT2D eigenvalue weighted by molar-refractivity contribution is -0.118. The van der Waals surface area contributed by atoms with Crippen molar-refractivity contribution in [2.45, 2.75) is 64.9 Å². The fourth-order valence-electron chi connectivity index (χ4n) is 2.27. The Morgan fingerprint density at radius 2 is 1.78 bits per heavy atom. The van der Waals surface area contributed by atoms with Gasteiger partial charge in [0, 0.05) is 6.42 Å². The van der Waals surface area contributed by atoms with Gasteiger partial charge in [-0.2, -0.15) is 0 Å². The number of rotatable bonds is 9. The zero-order chi connectivity index (χ0) is 20.6. The number of aromatic carboxylic acids is 1. The van der Waals surface area contributed by atoms with Gasteiger partial charge >= 0.3 is 12.1 Å². The van der Waals surface area contributed by atoms with Crippen LogP contribution in [0.25, 0.3) is 0 Å². The average molecular weight is 380 g/mol. The van der Waals surface area contributed by atoms with Crippen LogP contribution in [0.1, 0.15) is 56.5 Å². The maximum absolute atomic E-state index is 12.0. The van der Waals surface area contributed by atoms with Gasteiger partial charge in [-0.3, -0.25) is 4.79 Å². The second-order valence-corrected chi connectivity index (χ2v) is 7.28. The Kier molecular flexibility index (Phi) is 8.24. The molecule has 0 saturated heterocycles. The predicted molar refractivity (Wildman–Crippen MR) is 99.2 cm³/mol. The van der Waals surface area contributed by atoms with E-state index in [-0.39, 0.29) is 18.6 Å². The molecule has 1 aromatic rings. The lowest BCUT2D eigenvalue weighted by atomic mass is 10.1. The molecule has 0 saturated carbocycles. The Morgan fingerprint density at radius 3 is 2.26 bits per heavy atom. The Bertz CT molecular complexity index is 651. The first-order valence-electron chi connectivity index (χ1n) is 8.69. The molecule has 150 valence electrons. The minimum atomic E-state index is -0.996. The molecule has 27 heavy (non-hydrogen) atoms. The number of benzene rings is 1. The first-order valence-corrected chi connectivity index (χ1v) is 8.69. The van der Waals surface area contributed by atoms with E-state index in [9.17, 15) is 14.4 Å². The number of nitrogens with one attached hydrogen (secondary N) is 1. The van der Waals surface area contributed by atoms with Gasteiger partial charge in [-0.05, 0) is 51.8 Å². The number of carboxylic acids is 1. The molecule has 0 radical (unpaired) electrons. The van der Waals surface area contributed by atoms with E-state index in [1.807, 2.05) is 0 Å². The summed E-state index contributed by atoms with van der Waals surface area (Å²) in [4.78, 5) is 34.0. The van der Waals surface area contributed by atoms with Gasteiger partial charge in [0.1, 0.15) is 5.60 Å². The van der Waals surface area contributed by atoms with Gasteiger partial charge in [0.15, 0.2) is 0 Å². The molecule has 0 aliphatic heterocycles. The molecule has 8 nitrogen and oxygen atoms in total. The van der Waals surface area contributed by atoms with Gasteiger partial charge in [0.05, 0.1) is 24.3 Å². The molecule has 0 fully saturated rings. The fourth-order valence-corrected chi connectivity index (χ4v) is 2.27. The number of carbonyl (C=O) groups excluding carboxylic acids is 2. The maximum Gasteiger partial charge on any atom is 0.407 e. The molecule has 2 atom stereocenters. The minimum absolute atomic E-state index is 0.0987. The van der Waals surface area contributed by atoms with Gasteiger partial charge in [-0.15, -0.1) is 0 Å². The van der Waals surface area contributed by atoms with Crippen LogP contribution < -0.4 is 11.1 Å². The van der Waals surface area contributed by atoms with Crippen LogP contribution in [0, 0.1) is 0 Å². The molecule has 0 aliphatic carbocycles. The molecule has 1 aromatic carbocycles. The quantitative estimate of drug-likeness (QED) is 0.604. The van der Waals surface area contributed by atoms with Gasteiger partial charge in [-0.1, -0.05) is 12.1 Å². The van der Waals surface area contributed by atoms with Crippen LogP contribution in [0.2, 0.25) is 0 Å². The third-order valence-electron chi connectivity index (χ3n) is 3.68. The topological polar surface area (TPSA) is 128 Å².